The zero-order valence-electron chi connectivity index (χ0n) is 20.0. The summed E-state index contributed by atoms with van der Waals surface area (Å²) < 4.78 is 12.2. The number of hydrogen-bond acceptors (Lipinski definition) is 5. The Balaban J connectivity index is 1.65. The monoisotopic (exact) mass is 650 g/mol. The van der Waals surface area contributed by atoms with Gasteiger partial charge < -0.3 is 9.47 Å². The fourth-order valence-electron chi connectivity index (χ4n) is 3.85. The van der Waals surface area contributed by atoms with Crippen LogP contribution in [-0.2, 0) is 16.2 Å². The van der Waals surface area contributed by atoms with Crippen molar-refractivity contribution < 1.29 is 23.9 Å². The van der Waals surface area contributed by atoms with Gasteiger partial charge in [-0.3, -0.25) is 14.9 Å². The van der Waals surface area contributed by atoms with Crippen molar-refractivity contribution in [2.45, 2.75) is 20.5 Å². The number of barbiturate groups is 1. The fraction of sp³-hybridized carbons (Fsp3) is 0.148. The molecule has 10 heteroatoms. The first-order valence-corrected chi connectivity index (χ1v) is 12.9. The summed E-state index contributed by atoms with van der Waals surface area (Å²) in [5.74, 6) is -0.591. The molecule has 4 amide bonds. The van der Waals surface area contributed by atoms with Crippen molar-refractivity contribution in [3.8, 4) is 11.5 Å². The summed E-state index contributed by atoms with van der Waals surface area (Å²) in [4.78, 5) is 39.5. The van der Waals surface area contributed by atoms with Gasteiger partial charge in [0, 0.05) is 0 Å². The van der Waals surface area contributed by atoms with Crippen LogP contribution in [0.2, 0.25) is 10.0 Å². The van der Waals surface area contributed by atoms with Gasteiger partial charge in [-0.15, -0.1) is 0 Å². The average Bonchev–Trinajstić information content (AvgIpc) is 2.84. The molecule has 3 aromatic rings. The second-order valence-corrected chi connectivity index (χ2v) is 10.3. The largest absolute Gasteiger partial charge is 0.493 e. The van der Waals surface area contributed by atoms with Crippen molar-refractivity contribution in [1.29, 1.82) is 0 Å². The van der Waals surface area contributed by atoms with E-state index in [1.807, 2.05) is 19.1 Å². The van der Waals surface area contributed by atoms with Crippen molar-refractivity contribution in [3.63, 3.8) is 0 Å². The summed E-state index contributed by atoms with van der Waals surface area (Å²) in [6, 6.07) is 13.2. The molecule has 1 N–H and O–H groups in total. The fourth-order valence-corrected chi connectivity index (χ4v) is 4.95. The number of rotatable bonds is 6. The van der Waals surface area contributed by atoms with Gasteiger partial charge in [-0.1, -0.05) is 47.0 Å². The molecular formula is C27H21Cl2IN2O5. The molecule has 0 saturated carbocycles. The van der Waals surface area contributed by atoms with Crippen LogP contribution in [-0.4, -0.2) is 25.0 Å². The molecule has 0 atom stereocenters. The molecule has 0 aromatic heterocycles. The van der Waals surface area contributed by atoms with E-state index in [2.05, 4.69) is 27.9 Å². The number of aryl methyl sites for hydroxylation is 2. The topological polar surface area (TPSA) is 84.9 Å². The number of amides is 4. The van der Waals surface area contributed by atoms with Gasteiger partial charge in [0.2, 0.25) is 0 Å². The lowest BCUT2D eigenvalue weighted by molar-refractivity contribution is -0.122. The van der Waals surface area contributed by atoms with Crippen molar-refractivity contribution in [3.05, 3.63) is 90.0 Å². The van der Waals surface area contributed by atoms with Crippen LogP contribution in [0.3, 0.4) is 0 Å². The molecule has 1 heterocycles. The molecule has 0 unspecified atom stereocenters. The minimum Gasteiger partial charge on any atom is -0.493 e. The Morgan fingerprint density at radius 2 is 1.76 bits per heavy atom. The first-order valence-electron chi connectivity index (χ1n) is 11.0. The van der Waals surface area contributed by atoms with Gasteiger partial charge in [-0.05, 0) is 89.5 Å². The summed E-state index contributed by atoms with van der Waals surface area (Å²) in [6.07, 6.45) is 1.42. The smallest absolute Gasteiger partial charge is 0.335 e. The highest BCUT2D eigenvalue weighted by Gasteiger charge is 2.37. The second-order valence-electron chi connectivity index (χ2n) is 8.32. The molecule has 1 aliphatic heterocycles. The predicted molar refractivity (Wildman–Crippen MR) is 151 cm³/mol. The molecule has 4 rings (SSSR count). The summed E-state index contributed by atoms with van der Waals surface area (Å²) in [5.41, 5.74) is 3.29. The highest BCUT2D eigenvalue weighted by Crippen LogP contribution is 2.36. The van der Waals surface area contributed by atoms with Gasteiger partial charge in [0.25, 0.3) is 11.8 Å². The second kappa shape index (κ2) is 11.1. The van der Waals surface area contributed by atoms with Gasteiger partial charge in [0.15, 0.2) is 11.5 Å². The van der Waals surface area contributed by atoms with E-state index in [0.29, 0.717) is 36.4 Å². The molecule has 0 bridgehead atoms. The van der Waals surface area contributed by atoms with Gasteiger partial charge in [-0.25, -0.2) is 9.69 Å². The SMILES string of the molecule is COc1cc(/C=C2\C(=O)NC(=O)N(c3ccc(C)cc3C)C2=O)cc(I)c1OCc1ccc(Cl)c(Cl)c1. The first-order chi connectivity index (χ1) is 17.6. The molecule has 0 aliphatic carbocycles. The molecule has 190 valence electrons. The van der Waals surface area contributed by atoms with Gasteiger partial charge >= 0.3 is 6.03 Å². The van der Waals surface area contributed by atoms with E-state index in [-0.39, 0.29) is 12.2 Å². The zero-order chi connectivity index (χ0) is 26.9. The quantitative estimate of drug-likeness (QED) is 0.188. The van der Waals surface area contributed by atoms with Crippen molar-refractivity contribution in [2.75, 3.05) is 12.0 Å². The van der Waals surface area contributed by atoms with Crippen LogP contribution in [0.25, 0.3) is 6.08 Å². The molecule has 37 heavy (non-hydrogen) atoms. The Morgan fingerprint density at radius 1 is 1.00 bits per heavy atom. The molecule has 3 aromatic carbocycles. The number of methoxy groups -OCH3 is 1. The number of carbonyl (C=O) groups excluding carboxylic acids is 3. The summed E-state index contributed by atoms with van der Waals surface area (Å²) in [5, 5.41) is 3.13. The van der Waals surface area contributed by atoms with Crippen molar-refractivity contribution in [2.24, 2.45) is 0 Å². The Bertz CT molecular complexity index is 1470. The van der Waals surface area contributed by atoms with Gasteiger partial charge in [-0.2, -0.15) is 0 Å². The molecule has 1 fully saturated rings. The van der Waals surface area contributed by atoms with Crippen molar-refractivity contribution >= 4 is 75.4 Å². The number of ether oxygens (including phenoxy) is 2. The van der Waals surface area contributed by atoms with E-state index in [9.17, 15) is 14.4 Å². The van der Waals surface area contributed by atoms with E-state index in [1.165, 1.54) is 13.2 Å². The normalized spacial score (nSPS) is 14.7. The van der Waals surface area contributed by atoms with Crippen LogP contribution >= 0.6 is 45.8 Å². The number of halogens is 3. The number of benzene rings is 3. The zero-order valence-corrected chi connectivity index (χ0v) is 23.7. The summed E-state index contributed by atoms with van der Waals surface area (Å²) >= 11 is 14.2. The van der Waals surface area contributed by atoms with Crippen LogP contribution in [0.15, 0.2) is 54.1 Å². The Labute approximate surface area is 237 Å². The highest BCUT2D eigenvalue weighted by molar-refractivity contribution is 14.1. The predicted octanol–water partition coefficient (Wildman–Crippen LogP) is 6.47. The molecular weight excluding hydrogens is 630 g/mol. The lowest BCUT2D eigenvalue weighted by Crippen LogP contribution is -2.54. The maximum absolute atomic E-state index is 13.3. The van der Waals surface area contributed by atoms with E-state index >= 15 is 0 Å². The number of urea groups is 1. The van der Waals surface area contributed by atoms with Gasteiger partial charge in [0.1, 0.15) is 12.2 Å². The minimum absolute atomic E-state index is 0.179. The number of hydrogen-bond donors (Lipinski definition) is 1. The minimum atomic E-state index is -0.794. The van der Waals surface area contributed by atoms with Gasteiger partial charge in [0.05, 0.1) is 26.4 Å². The lowest BCUT2D eigenvalue weighted by atomic mass is 10.0. The van der Waals surface area contributed by atoms with E-state index in [1.54, 1.807) is 43.3 Å². The van der Waals surface area contributed by atoms with Crippen LogP contribution in [0.4, 0.5) is 10.5 Å². The highest BCUT2D eigenvalue weighted by atomic mass is 127. The molecule has 0 radical (unpaired) electrons. The summed E-state index contributed by atoms with van der Waals surface area (Å²) in [6.45, 7) is 3.93. The number of carbonyl (C=O) groups is 3. The first kappa shape index (κ1) is 27.0. The third-order valence-corrected chi connectivity index (χ3v) is 7.17. The third kappa shape index (κ3) is 5.76. The number of imide groups is 2. The third-order valence-electron chi connectivity index (χ3n) is 5.62. The molecule has 0 spiro atoms. The maximum Gasteiger partial charge on any atom is 0.335 e. The Morgan fingerprint density at radius 3 is 2.43 bits per heavy atom. The molecule has 1 saturated heterocycles. The average molecular weight is 651 g/mol. The van der Waals surface area contributed by atoms with Crippen LogP contribution in [0.1, 0.15) is 22.3 Å². The number of nitrogens with zero attached hydrogens (tertiary/aromatic N) is 1. The Kier molecular flexibility index (Phi) is 8.11. The van der Waals surface area contributed by atoms with E-state index in [4.69, 9.17) is 32.7 Å². The lowest BCUT2D eigenvalue weighted by Gasteiger charge is -2.27. The van der Waals surface area contributed by atoms with E-state index in [0.717, 1.165) is 21.6 Å². The van der Waals surface area contributed by atoms with Crippen LogP contribution in [0, 0.1) is 17.4 Å². The maximum atomic E-state index is 13.3. The summed E-state index contributed by atoms with van der Waals surface area (Å²) in [7, 11) is 1.49. The van der Waals surface area contributed by atoms with Crippen molar-refractivity contribution in [1.82, 2.24) is 5.32 Å². The number of nitrogens with one attached hydrogen (secondary N) is 1. The van der Waals surface area contributed by atoms with E-state index < -0.39 is 17.8 Å². The van der Waals surface area contributed by atoms with Crippen LogP contribution in [0.5, 0.6) is 11.5 Å². The standard InChI is InChI=1S/C27H21Cl2IN2O5/c1-14-4-7-22(15(2)8-14)32-26(34)18(25(33)31-27(32)35)9-17-11-21(30)24(23(12-17)36-3)37-13-16-5-6-19(28)20(29)10-16/h4-12H,13H2,1-3H3,(H,31,33,35)/b18-9+. The van der Waals surface area contributed by atoms with Crippen LogP contribution < -0.4 is 19.7 Å². The Hall–Kier alpha value is -3.08. The molecule has 7 nitrogen and oxygen atoms in total. The number of anilines is 1. The molecule has 1 aliphatic rings.